The molecule has 142 valence electrons. The first-order chi connectivity index (χ1) is 11.8. The van der Waals surface area contributed by atoms with E-state index in [9.17, 15) is 13.2 Å². The van der Waals surface area contributed by atoms with Crippen molar-refractivity contribution in [1.29, 1.82) is 0 Å². The van der Waals surface area contributed by atoms with Gasteiger partial charge in [-0.3, -0.25) is 4.90 Å². The van der Waals surface area contributed by atoms with Gasteiger partial charge >= 0.3 is 6.18 Å². The molecule has 8 heteroatoms. The van der Waals surface area contributed by atoms with E-state index in [1.54, 1.807) is 0 Å². The topological polar surface area (TPSA) is 47.5 Å². The van der Waals surface area contributed by atoms with Crippen LogP contribution in [-0.4, -0.2) is 53.3 Å². The molecule has 0 aliphatic carbocycles. The smallest absolute Gasteiger partial charge is 0.451 e. The number of hydrogen-bond donors (Lipinski definition) is 0. The maximum absolute atomic E-state index is 11.9. The Morgan fingerprint density at radius 2 is 1.88 bits per heavy atom. The second-order valence-electron chi connectivity index (χ2n) is 6.70. The van der Waals surface area contributed by atoms with Crippen LogP contribution in [0.25, 0.3) is 0 Å². The quantitative estimate of drug-likeness (QED) is 0.821. The fraction of sp³-hybridized carbons (Fsp3) is 0.765. The van der Waals surface area contributed by atoms with Crippen molar-refractivity contribution in [2.75, 3.05) is 26.8 Å². The van der Waals surface area contributed by atoms with E-state index in [-0.39, 0.29) is 5.88 Å². The number of hydrogen-bond acceptors (Lipinski definition) is 5. The Balaban J connectivity index is 0.000000181. The number of aromatic nitrogens is 2. The van der Waals surface area contributed by atoms with Gasteiger partial charge in [0.25, 0.3) is 0 Å². The number of nitrogens with zero attached hydrogens (tertiary/aromatic N) is 3. The van der Waals surface area contributed by atoms with E-state index in [2.05, 4.69) is 33.5 Å². The van der Waals surface area contributed by atoms with Crippen molar-refractivity contribution in [3.63, 3.8) is 0 Å². The van der Waals surface area contributed by atoms with E-state index in [0.29, 0.717) is 11.6 Å². The zero-order valence-electron chi connectivity index (χ0n) is 15.0. The Labute approximate surface area is 146 Å². The molecule has 0 saturated carbocycles. The summed E-state index contributed by atoms with van der Waals surface area (Å²) in [6, 6.07) is 1.25. The SMILES string of the molecule is CC(C)OCC12CCCN1CCC2.COc1ccnc(C(F)(F)F)n1. The maximum Gasteiger partial charge on any atom is 0.451 e. The minimum Gasteiger partial charge on any atom is -0.481 e. The van der Waals surface area contributed by atoms with Crippen LogP contribution in [0, 0.1) is 0 Å². The highest BCUT2D eigenvalue weighted by Crippen LogP contribution is 2.39. The third-order valence-electron chi connectivity index (χ3n) is 4.59. The second kappa shape index (κ2) is 8.31. The van der Waals surface area contributed by atoms with E-state index in [4.69, 9.17) is 4.74 Å². The molecule has 2 fully saturated rings. The monoisotopic (exact) mass is 361 g/mol. The standard InChI is InChI=1S/C11H21NO.C6H5F3N2O/c1-10(2)13-9-11-5-3-7-12(11)8-4-6-11;1-12-4-2-3-10-5(11-4)6(7,8)9/h10H,3-9H2,1-2H3;2-3H,1H3. The third-order valence-corrected chi connectivity index (χ3v) is 4.59. The Morgan fingerprint density at radius 3 is 2.40 bits per heavy atom. The van der Waals surface area contributed by atoms with E-state index < -0.39 is 12.0 Å². The fourth-order valence-electron chi connectivity index (χ4n) is 3.38. The van der Waals surface area contributed by atoms with Crippen molar-refractivity contribution >= 4 is 0 Å². The summed E-state index contributed by atoms with van der Waals surface area (Å²) in [6.07, 6.45) is 2.34. The summed E-state index contributed by atoms with van der Waals surface area (Å²) in [6.45, 7) is 7.84. The summed E-state index contributed by atoms with van der Waals surface area (Å²) in [5, 5.41) is 0. The molecule has 5 nitrogen and oxygen atoms in total. The van der Waals surface area contributed by atoms with Gasteiger partial charge in [0.05, 0.1) is 19.8 Å². The van der Waals surface area contributed by atoms with Crippen LogP contribution in [0.3, 0.4) is 0 Å². The van der Waals surface area contributed by atoms with Crippen LogP contribution in [0.15, 0.2) is 12.3 Å². The first-order valence-electron chi connectivity index (χ1n) is 8.58. The Hall–Kier alpha value is -1.41. The summed E-state index contributed by atoms with van der Waals surface area (Å²) in [5.74, 6) is -1.29. The normalized spacial score (nSPS) is 19.5. The number of fused-ring (bicyclic) bond motifs is 1. The summed E-state index contributed by atoms with van der Waals surface area (Å²) in [5.41, 5.74) is 0.449. The first kappa shape index (κ1) is 19.9. The summed E-state index contributed by atoms with van der Waals surface area (Å²) >= 11 is 0. The maximum atomic E-state index is 11.9. The van der Waals surface area contributed by atoms with Gasteiger partial charge in [-0.15, -0.1) is 0 Å². The number of ether oxygens (including phenoxy) is 2. The predicted octanol–water partition coefficient (Wildman–Crippen LogP) is 3.54. The lowest BCUT2D eigenvalue weighted by Gasteiger charge is -2.32. The van der Waals surface area contributed by atoms with Crippen LogP contribution < -0.4 is 4.74 Å². The molecule has 3 rings (SSSR count). The van der Waals surface area contributed by atoms with E-state index in [1.807, 2.05) is 0 Å². The largest absolute Gasteiger partial charge is 0.481 e. The van der Waals surface area contributed by atoms with Crippen molar-refractivity contribution in [2.45, 2.75) is 57.3 Å². The molecule has 0 aromatic carbocycles. The number of methoxy groups -OCH3 is 1. The summed E-state index contributed by atoms with van der Waals surface area (Å²) < 4.78 is 46.1. The van der Waals surface area contributed by atoms with Crippen LogP contribution in [0.5, 0.6) is 5.88 Å². The molecule has 1 aromatic heterocycles. The Morgan fingerprint density at radius 1 is 1.24 bits per heavy atom. The number of halogens is 3. The van der Waals surface area contributed by atoms with Crippen molar-refractivity contribution < 1.29 is 22.6 Å². The van der Waals surface area contributed by atoms with Crippen LogP contribution in [0.4, 0.5) is 13.2 Å². The molecular formula is C17H26F3N3O2. The van der Waals surface area contributed by atoms with E-state index in [1.165, 1.54) is 51.9 Å². The molecule has 0 amide bonds. The van der Waals surface area contributed by atoms with E-state index >= 15 is 0 Å². The van der Waals surface area contributed by atoms with Crippen molar-refractivity contribution in [2.24, 2.45) is 0 Å². The highest BCUT2D eigenvalue weighted by Gasteiger charge is 2.44. The molecule has 0 N–H and O–H groups in total. The minimum absolute atomic E-state index is 0.0997. The lowest BCUT2D eigenvalue weighted by atomic mass is 9.95. The molecule has 0 unspecified atom stereocenters. The van der Waals surface area contributed by atoms with Gasteiger partial charge in [-0.2, -0.15) is 18.2 Å². The van der Waals surface area contributed by atoms with Crippen molar-refractivity contribution in [3.8, 4) is 5.88 Å². The molecule has 3 heterocycles. The summed E-state index contributed by atoms with van der Waals surface area (Å²) in [7, 11) is 1.24. The molecule has 0 spiro atoms. The van der Waals surface area contributed by atoms with Gasteiger partial charge in [0.2, 0.25) is 11.7 Å². The van der Waals surface area contributed by atoms with E-state index in [0.717, 1.165) is 12.8 Å². The van der Waals surface area contributed by atoms with Crippen LogP contribution in [-0.2, 0) is 10.9 Å². The van der Waals surface area contributed by atoms with Gasteiger partial charge < -0.3 is 9.47 Å². The predicted molar refractivity (Wildman–Crippen MR) is 87.4 cm³/mol. The molecule has 0 atom stereocenters. The lowest BCUT2D eigenvalue weighted by Crippen LogP contribution is -2.43. The zero-order chi connectivity index (χ0) is 18.5. The highest BCUT2D eigenvalue weighted by atomic mass is 19.4. The Kier molecular flexibility index (Phi) is 6.62. The van der Waals surface area contributed by atoms with Gasteiger partial charge in [0, 0.05) is 17.8 Å². The van der Waals surface area contributed by atoms with Gasteiger partial charge in [-0.05, 0) is 52.6 Å². The van der Waals surface area contributed by atoms with Gasteiger partial charge in [-0.1, -0.05) is 0 Å². The summed E-state index contributed by atoms with van der Waals surface area (Å²) in [4.78, 5) is 8.79. The lowest BCUT2D eigenvalue weighted by molar-refractivity contribution is -0.145. The number of rotatable bonds is 4. The minimum atomic E-state index is -4.52. The van der Waals surface area contributed by atoms with Crippen LogP contribution in [0.2, 0.25) is 0 Å². The zero-order valence-corrected chi connectivity index (χ0v) is 15.0. The molecule has 2 aliphatic heterocycles. The molecule has 2 aliphatic rings. The van der Waals surface area contributed by atoms with Gasteiger partial charge in [0.1, 0.15) is 0 Å². The Bertz CT molecular complexity index is 542. The number of alkyl halides is 3. The van der Waals surface area contributed by atoms with Crippen molar-refractivity contribution in [3.05, 3.63) is 18.1 Å². The van der Waals surface area contributed by atoms with Crippen molar-refractivity contribution in [1.82, 2.24) is 14.9 Å². The molecule has 1 aromatic rings. The second-order valence-corrected chi connectivity index (χ2v) is 6.70. The fourth-order valence-corrected chi connectivity index (χ4v) is 3.38. The molecular weight excluding hydrogens is 335 g/mol. The molecule has 0 bridgehead atoms. The first-order valence-corrected chi connectivity index (χ1v) is 8.58. The molecule has 0 radical (unpaired) electrons. The highest BCUT2D eigenvalue weighted by molar-refractivity contribution is 5.09. The average Bonchev–Trinajstić information content (AvgIpc) is 3.13. The van der Waals surface area contributed by atoms with Gasteiger partial charge in [-0.25, -0.2) is 4.98 Å². The van der Waals surface area contributed by atoms with Gasteiger partial charge in [0.15, 0.2) is 0 Å². The van der Waals surface area contributed by atoms with Crippen LogP contribution in [0.1, 0.15) is 45.4 Å². The molecule has 2 saturated heterocycles. The van der Waals surface area contributed by atoms with Crippen LogP contribution >= 0.6 is 0 Å². The average molecular weight is 361 g/mol. The molecule has 25 heavy (non-hydrogen) atoms. The third kappa shape index (κ3) is 5.28.